The highest BCUT2D eigenvalue weighted by Crippen LogP contribution is 2.33. The Hall–Kier alpha value is -1.42. The van der Waals surface area contributed by atoms with Crippen LogP contribution in [0.5, 0.6) is 11.5 Å². The molecule has 4 heteroatoms. The molecule has 2 aliphatic rings. The SMILES string of the molecule is O[C@H]1CCC[C@@H]1Nc1ccc2c(c1)OCCCO2. The van der Waals surface area contributed by atoms with Gasteiger partial charge >= 0.3 is 0 Å². The molecular formula is C14H19NO3. The topological polar surface area (TPSA) is 50.7 Å². The van der Waals surface area contributed by atoms with Crippen molar-refractivity contribution >= 4 is 5.69 Å². The fourth-order valence-electron chi connectivity index (χ4n) is 2.58. The maximum atomic E-state index is 9.82. The summed E-state index contributed by atoms with van der Waals surface area (Å²) >= 11 is 0. The second-order valence-electron chi connectivity index (χ2n) is 4.96. The van der Waals surface area contributed by atoms with Gasteiger partial charge in [0.15, 0.2) is 11.5 Å². The van der Waals surface area contributed by atoms with Gasteiger partial charge in [0.05, 0.1) is 25.4 Å². The third kappa shape index (κ3) is 2.38. The normalized spacial score (nSPS) is 26.7. The van der Waals surface area contributed by atoms with Crippen LogP contribution in [0.2, 0.25) is 0 Å². The molecular weight excluding hydrogens is 230 g/mol. The quantitative estimate of drug-likeness (QED) is 0.843. The number of benzene rings is 1. The standard InChI is InChI=1S/C14H19NO3/c16-12-4-1-3-11(12)15-10-5-6-13-14(9-10)18-8-2-7-17-13/h5-6,9,11-12,15-16H,1-4,7-8H2/t11-,12-/m0/s1. The Kier molecular flexibility index (Phi) is 3.28. The van der Waals surface area contributed by atoms with E-state index in [0.717, 1.165) is 42.9 Å². The van der Waals surface area contributed by atoms with Crippen molar-refractivity contribution < 1.29 is 14.6 Å². The van der Waals surface area contributed by atoms with Crippen molar-refractivity contribution in [2.24, 2.45) is 0 Å². The van der Waals surface area contributed by atoms with Crippen molar-refractivity contribution in [1.29, 1.82) is 0 Å². The number of aliphatic hydroxyl groups is 1. The largest absolute Gasteiger partial charge is 0.490 e. The van der Waals surface area contributed by atoms with Crippen molar-refractivity contribution in [3.05, 3.63) is 18.2 Å². The lowest BCUT2D eigenvalue weighted by Crippen LogP contribution is -2.27. The molecule has 4 nitrogen and oxygen atoms in total. The minimum absolute atomic E-state index is 0.162. The van der Waals surface area contributed by atoms with E-state index in [2.05, 4.69) is 5.32 Å². The number of nitrogens with one attached hydrogen (secondary N) is 1. The summed E-state index contributed by atoms with van der Waals surface area (Å²) in [6, 6.07) is 6.05. The molecule has 1 aromatic carbocycles. The van der Waals surface area contributed by atoms with Crippen molar-refractivity contribution in [1.82, 2.24) is 0 Å². The van der Waals surface area contributed by atoms with Crippen LogP contribution in [0.25, 0.3) is 0 Å². The first-order chi connectivity index (χ1) is 8.83. The van der Waals surface area contributed by atoms with Crippen LogP contribution in [0.15, 0.2) is 18.2 Å². The molecule has 0 aromatic heterocycles. The van der Waals surface area contributed by atoms with Crippen LogP contribution in [-0.2, 0) is 0 Å². The second-order valence-corrected chi connectivity index (χ2v) is 4.96. The van der Waals surface area contributed by atoms with Gasteiger partial charge in [0.25, 0.3) is 0 Å². The number of aliphatic hydroxyl groups excluding tert-OH is 1. The molecule has 2 N–H and O–H groups in total. The van der Waals surface area contributed by atoms with Crippen molar-refractivity contribution in [3.63, 3.8) is 0 Å². The van der Waals surface area contributed by atoms with Crippen molar-refractivity contribution in [2.45, 2.75) is 37.8 Å². The van der Waals surface area contributed by atoms with Gasteiger partial charge in [0, 0.05) is 18.2 Å². The summed E-state index contributed by atoms with van der Waals surface area (Å²) in [6.07, 6.45) is 3.68. The Bertz CT molecular complexity index is 422. The van der Waals surface area contributed by atoms with E-state index in [4.69, 9.17) is 9.47 Å². The number of fused-ring (bicyclic) bond motifs is 1. The molecule has 0 bridgehead atoms. The number of hydrogen-bond acceptors (Lipinski definition) is 4. The summed E-state index contributed by atoms with van der Waals surface area (Å²) in [4.78, 5) is 0. The number of rotatable bonds is 2. The highest BCUT2D eigenvalue weighted by Gasteiger charge is 2.25. The monoisotopic (exact) mass is 249 g/mol. The van der Waals surface area contributed by atoms with E-state index in [0.29, 0.717) is 13.2 Å². The summed E-state index contributed by atoms with van der Waals surface area (Å²) in [6.45, 7) is 1.41. The average Bonchev–Trinajstić information content (AvgIpc) is 2.65. The molecule has 0 unspecified atom stereocenters. The summed E-state index contributed by atoms with van der Waals surface area (Å²) in [5.74, 6) is 1.61. The lowest BCUT2D eigenvalue weighted by molar-refractivity contribution is 0.172. The van der Waals surface area contributed by atoms with Crippen LogP contribution in [0.3, 0.4) is 0 Å². The van der Waals surface area contributed by atoms with Gasteiger partial charge in [-0.2, -0.15) is 0 Å². The van der Waals surface area contributed by atoms with Crippen LogP contribution in [-0.4, -0.2) is 30.5 Å². The second kappa shape index (κ2) is 5.06. The average molecular weight is 249 g/mol. The fraction of sp³-hybridized carbons (Fsp3) is 0.571. The van der Waals surface area contributed by atoms with Gasteiger partial charge in [-0.3, -0.25) is 0 Å². The van der Waals surface area contributed by atoms with Crippen LogP contribution >= 0.6 is 0 Å². The molecule has 1 aliphatic carbocycles. The van der Waals surface area contributed by atoms with E-state index in [9.17, 15) is 5.11 Å². The molecule has 1 aliphatic heterocycles. The predicted octanol–water partition coefficient (Wildman–Crippen LogP) is 2.17. The van der Waals surface area contributed by atoms with Gasteiger partial charge in [-0.15, -0.1) is 0 Å². The molecule has 0 spiro atoms. The van der Waals surface area contributed by atoms with E-state index in [-0.39, 0.29) is 12.1 Å². The van der Waals surface area contributed by atoms with Crippen molar-refractivity contribution in [2.75, 3.05) is 18.5 Å². The molecule has 1 heterocycles. The third-order valence-electron chi connectivity index (χ3n) is 3.58. The Morgan fingerprint density at radius 3 is 2.67 bits per heavy atom. The first kappa shape index (κ1) is 11.7. The minimum atomic E-state index is -0.235. The zero-order chi connectivity index (χ0) is 12.4. The lowest BCUT2D eigenvalue weighted by Gasteiger charge is -2.18. The molecule has 98 valence electrons. The first-order valence-corrected chi connectivity index (χ1v) is 6.67. The van der Waals surface area contributed by atoms with Crippen LogP contribution in [0, 0.1) is 0 Å². The van der Waals surface area contributed by atoms with Gasteiger partial charge < -0.3 is 19.9 Å². The van der Waals surface area contributed by atoms with Crippen LogP contribution in [0.4, 0.5) is 5.69 Å². The van der Waals surface area contributed by atoms with Crippen LogP contribution in [0.1, 0.15) is 25.7 Å². The zero-order valence-electron chi connectivity index (χ0n) is 10.4. The Balaban J connectivity index is 1.75. The smallest absolute Gasteiger partial charge is 0.163 e. The highest BCUT2D eigenvalue weighted by molar-refractivity contribution is 5.55. The third-order valence-corrected chi connectivity index (χ3v) is 3.58. The maximum Gasteiger partial charge on any atom is 0.163 e. The molecule has 0 saturated heterocycles. The van der Waals surface area contributed by atoms with Crippen LogP contribution < -0.4 is 14.8 Å². The summed E-state index contributed by atoms with van der Waals surface area (Å²) in [5, 5.41) is 13.2. The molecule has 18 heavy (non-hydrogen) atoms. The Morgan fingerprint density at radius 1 is 1.06 bits per heavy atom. The van der Waals surface area contributed by atoms with E-state index in [1.807, 2.05) is 18.2 Å². The summed E-state index contributed by atoms with van der Waals surface area (Å²) in [5.41, 5.74) is 0.991. The van der Waals surface area contributed by atoms with Gasteiger partial charge in [-0.25, -0.2) is 0 Å². The van der Waals surface area contributed by atoms with Crippen molar-refractivity contribution in [3.8, 4) is 11.5 Å². The van der Waals surface area contributed by atoms with E-state index in [1.165, 1.54) is 0 Å². The fourth-order valence-corrected chi connectivity index (χ4v) is 2.58. The first-order valence-electron chi connectivity index (χ1n) is 6.67. The summed E-state index contributed by atoms with van der Waals surface area (Å²) in [7, 11) is 0. The van der Waals surface area contributed by atoms with E-state index in [1.54, 1.807) is 0 Å². The maximum absolute atomic E-state index is 9.82. The lowest BCUT2D eigenvalue weighted by atomic mass is 10.2. The number of ether oxygens (including phenoxy) is 2. The van der Waals surface area contributed by atoms with Gasteiger partial charge in [0.2, 0.25) is 0 Å². The van der Waals surface area contributed by atoms with Gasteiger partial charge in [0.1, 0.15) is 0 Å². The highest BCUT2D eigenvalue weighted by atomic mass is 16.5. The van der Waals surface area contributed by atoms with Gasteiger partial charge in [-0.05, 0) is 31.4 Å². The minimum Gasteiger partial charge on any atom is -0.490 e. The zero-order valence-corrected chi connectivity index (χ0v) is 10.4. The number of hydrogen-bond donors (Lipinski definition) is 2. The summed E-state index contributed by atoms with van der Waals surface area (Å²) < 4.78 is 11.2. The Labute approximate surface area is 107 Å². The van der Waals surface area contributed by atoms with E-state index < -0.39 is 0 Å². The number of anilines is 1. The molecule has 1 saturated carbocycles. The molecule has 1 fully saturated rings. The molecule has 1 aromatic rings. The van der Waals surface area contributed by atoms with Gasteiger partial charge in [-0.1, -0.05) is 0 Å². The molecule has 3 rings (SSSR count). The molecule has 0 radical (unpaired) electrons. The predicted molar refractivity (Wildman–Crippen MR) is 69.3 cm³/mol. The van der Waals surface area contributed by atoms with E-state index >= 15 is 0 Å². The molecule has 0 amide bonds. The molecule has 2 atom stereocenters. The Morgan fingerprint density at radius 2 is 1.89 bits per heavy atom.